The first kappa shape index (κ1) is 22.0. The van der Waals surface area contributed by atoms with E-state index in [9.17, 15) is 4.79 Å². The fourth-order valence-corrected chi connectivity index (χ4v) is 3.93. The summed E-state index contributed by atoms with van der Waals surface area (Å²) in [5.41, 5.74) is 2.66. The summed E-state index contributed by atoms with van der Waals surface area (Å²) in [6, 6.07) is 13.2. The number of H-pyrrole nitrogens is 1. The minimum absolute atomic E-state index is 0.101. The van der Waals surface area contributed by atoms with Crippen molar-refractivity contribution < 1.29 is 23.7 Å². The Hall–Kier alpha value is -3.19. The molecule has 32 heavy (non-hydrogen) atoms. The molecule has 1 atom stereocenters. The highest BCUT2D eigenvalue weighted by Gasteiger charge is 2.16. The van der Waals surface area contributed by atoms with Crippen LogP contribution in [-0.4, -0.2) is 51.0 Å². The molecule has 2 N–H and O–H groups in total. The van der Waals surface area contributed by atoms with E-state index >= 15 is 0 Å². The molecule has 1 aliphatic rings. The summed E-state index contributed by atoms with van der Waals surface area (Å²) in [4.78, 5) is 15.9. The molecule has 1 aromatic heterocycles. The molecule has 0 aliphatic carbocycles. The first-order valence-corrected chi connectivity index (χ1v) is 11.0. The van der Waals surface area contributed by atoms with Crippen molar-refractivity contribution in [1.82, 2.24) is 10.3 Å². The van der Waals surface area contributed by atoms with E-state index in [1.165, 1.54) is 0 Å². The fourth-order valence-electron chi connectivity index (χ4n) is 3.93. The Labute approximate surface area is 188 Å². The number of aryl methyl sites for hydroxylation is 1. The predicted molar refractivity (Wildman–Crippen MR) is 123 cm³/mol. The standard InChI is InChI=1S/C25H30N2O5/c1-29-21-14-23-22(24(15-21)30-2)13-18(27-23)7-4-10-26-25(28)17-6-3-8-19(12-17)32-16-20-9-5-11-31-20/h3,6,8,12-15,20,27H,4-5,7,9-11,16H2,1-2H3,(H,26,28)/t20-/m0/s1. The second-order valence-electron chi connectivity index (χ2n) is 7.92. The zero-order chi connectivity index (χ0) is 22.3. The Morgan fingerprint density at radius 1 is 1.16 bits per heavy atom. The van der Waals surface area contributed by atoms with E-state index in [-0.39, 0.29) is 12.0 Å². The minimum atomic E-state index is -0.101. The third-order valence-electron chi connectivity index (χ3n) is 5.65. The van der Waals surface area contributed by atoms with E-state index in [2.05, 4.69) is 16.4 Å². The Bertz CT molecular complexity index is 1060. The molecule has 7 heteroatoms. The molecular formula is C25H30N2O5. The zero-order valence-electron chi connectivity index (χ0n) is 18.6. The Kier molecular flexibility index (Phi) is 7.17. The van der Waals surface area contributed by atoms with Crippen LogP contribution in [-0.2, 0) is 11.2 Å². The molecule has 0 saturated carbocycles. The van der Waals surface area contributed by atoms with Gasteiger partial charge >= 0.3 is 0 Å². The lowest BCUT2D eigenvalue weighted by Gasteiger charge is -2.12. The van der Waals surface area contributed by atoms with Gasteiger partial charge in [0.05, 0.1) is 25.8 Å². The number of benzene rings is 2. The summed E-state index contributed by atoms with van der Waals surface area (Å²) < 4.78 is 22.2. The number of hydrogen-bond acceptors (Lipinski definition) is 5. The molecule has 7 nitrogen and oxygen atoms in total. The number of aromatic amines is 1. The highest BCUT2D eigenvalue weighted by atomic mass is 16.5. The van der Waals surface area contributed by atoms with Gasteiger partial charge in [-0.25, -0.2) is 0 Å². The maximum atomic E-state index is 12.5. The van der Waals surface area contributed by atoms with Gasteiger partial charge in [-0.15, -0.1) is 0 Å². The predicted octanol–water partition coefficient (Wildman–Crippen LogP) is 4.11. The summed E-state index contributed by atoms with van der Waals surface area (Å²) in [7, 11) is 3.29. The number of ether oxygens (including phenoxy) is 4. The smallest absolute Gasteiger partial charge is 0.251 e. The van der Waals surface area contributed by atoms with Crippen molar-refractivity contribution >= 4 is 16.8 Å². The van der Waals surface area contributed by atoms with Crippen molar-refractivity contribution in [3.8, 4) is 17.2 Å². The lowest BCUT2D eigenvalue weighted by molar-refractivity contribution is 0.0679. The van der Waals surface area contributed by atoms with Crippen LogP contribution in [0.15, 0.2) is 42.5 Å². The van der Waals surface area contributed by atoms with Crippen molar-refractivity contribution in [3.63, 3.8) is 0 Å². The average molecular weight is 439 g/mol. The van der Waals surface area contributed by atoms with Crippen molar-refractivity contribution in [2.75, 3.05) is 34.0 Å². The maximum Gasteiger partial charge on any atom is 0.251 e. The topological polar surface area (TPSA) is 81.8 Å². The number of aromatic nitrogens is 1. The number of nitrogens with one attached hydrogen (secondary N) is 2. The normalized spacial score (nSPS) is 15.6. The molecule has 2 aromatic carbocycles. The van der Waals surface area contributed by atoms with Gasteiger partial charge in [0.2, 0.25) is 0 Å². The van der Waals surface area contributed by atoms with Crippen molar-refractivity contribution in [2.24, 2.45) is 0 Å². The highest BCUT2D eigenvalue weighted by Crippen LogP contribution is 2.31. The van der Waals surface area contributed by atoms with Crippen LogP contribution in [0.4, 0.5) is 0 Å². The number of carbonyl (C=O) groups is 1. The number of rotatable bonds is 10. The Morgan fingerprint density at radius 2 is 2.06 bits per heavy atom. The SMILES string of the molecule is COc1cc(OC)c2cc(CCCNC(=O)c3cccc(OC[C@@H]4CCCO4)c3)[nH]c2c1. The van der Waals surface area contributed by atoms with Crippen LogP contribution >= 0.6 is 0 Å². The van der Waals surface area contributed by atoms with Crippen LogP contribution in [0, 0.1) is 0 Å². The average Bonchev–Trinajstić information content (AvgIpc) is 3.49. The molecule has 0 unspecified atom stereocenters. The summed E-state index contributed by atoms with van der Waals surface area (Å²) >= 11 is 0. The first-order valence-electron chi connectivity index (χ1n) is 11.0. The monoisotopic (exact) mass is 438 g/mol. The molecule has 1 aliphatic heterocycles. The second-order valence-corrected chi connectivity index (χ2v) is 7.92. The van der Waals surface area contributed by atoms with Gasteiger partial charge in [-0.3, -0.25) is 4.79 Å². The minimum Gasteiger partial charge on any atom is -0.497 e. The van der Waals surface area contributed by atoms with Gasteiger partial charge in [0, 0.05) is 41.9 Å². The number of fused-ring (bicyclic) bond motifs is 1. The van der Waals surface area contributed by atoms with E-state index < -0.39 is 0 Å². The summed E-state index contributed by atoms with van der Waals surface area (Å²) in [5.74, 6) is 2.11. The van der Waals surface area contributed by atoms with Crippen LogP contribution in [0.3, 0.4) is 0 Å². The fraction of sp³-hybridized carbons (Fsp3) is 0.400. The molecule has 1 amide bonds. The summed E-state index contributed by atoms with van der Waals surface area (Å²) in [6.07, 6.45) is 3.88. The lowest BCUT2D eigenvalue weighted by Crippen LogP contribution is -2.25. The van der Waals surface area contributed by atoms with Gasteiger partial charge in [-0.05, 0) is 49.9 Å². The third-order valence-corrected chi connectivity index (χ3v) is 5.65. The second kappa shape index (κ2) is 10.4. The van der Waals surface area contributed by atoms with Crippen LogP contribution in [0.5, 0.6) is 17.2 Å². The van der Waals surface area contributed by atoms with E-state index in [1.807, 2.05) is 24.3 Å². The van der Waals surface area contributed by atoms with Gasteiger partial charge in [0.15, 0.2) is 0 Å². The van der Waals surface area contributed by atoms with Gasteiger partial charge in [0.1, 0.15) is 23.9 Å². The molecule has 3 aromatic rings. The quantitative estimate of drug-likeness (QED) is 0.466. The number of methoxy groups -OCH3 is 2. The Balaban J connectivity index is 1.27. The van der Waals surface area contributed by atoms with E-state index in [1.54, 1.807) is 26.4 Å². The van der Waals surface area contributed by atoms with E-state index in [4.69, 9.17) is 18.9 Å². The van der Waals surface area contributed by atoms with Gasteiger partial charge in [-0.2, -0.15) is 0 Å². The molecule has 0 bridgehead atoms. The molecule has 0 radical (unpaired) electrons. The van der Waals surface area contributed by atoms with Gasteiger partial charge < -0.3 is 29.2 Å². The number of carbonyl (C=O) groups excluding carboxylic acids is 1. The lowest BCUT2D eigenvalue weighted by atomic mass is 10.2. The zero-order valence-corrected chi connectivity index (χ0v) is 18.6. The first-order chi connectivity index (χ1) is 15.7. The summed E-state index contributed by atoms with van der Waals surface area (Å²) in [6.45, 7) is 1.90. The molecule has 4 rings (SSSR count). The third kappa shape index (κ3) is 5.34. The van der Waals surface area contributed by atoms with Crippen LogP contribution < -0.4 is 19.5 Å². The van der Waals surface area contributed by atoms with Crippen molar-refractivity contribution in [1.29, 1.82) is 0 Å². The van der Waals surface area contributed by atoms with Crippen LogP contribution in [0.2, 0.25) is 0 Å². The van der Waals surface area contributed by atoms with Gasteiger partial charge in [0.25, 0.3) is 5.91 Å². The van der Waals surface area contributed by atoms with Crippen LogP contribution in [0.1, 0.15) is 35.3 Å². The molecule has 2 heterocycles. The van der Waals surface area contributed by atoms with E-state index in [0.29, 0.717) is 24.5 Å². The molecule has 1 saturated heterocycles. The largest absolute Gasteiger partial charge is 0.497 e. The van der Waals surface area contributed by atoms with Gasteiger partial charge in [-0.1, -0.05) is 6.07 Å². The van der Waals surface area contributed by atoms with E-state index in [0.717, 1.165) is 60.4 Å². The number of hydrogen-bond donors (Lipinski definition) is 2. The summed E-state index contributed by atoms with van der Waals surface area (Å²) in [5, 5.41) is 4.01. The highest BCUT2D eigenvalue weighted by molar-refractivity contribution is 5.94. The number of amides is 1. The van der Waals surface area contributed by atoms with Crippen LogP contribution in [0.25, 0.3) is 10.9 Å². The maximum absolute atomic E-state index is 12.5. The molecular weight excluding hydrogens is 408 g/mol. The molecule has 1 fully saturated rings. The van der Waals surface area contributed by atoms with Crippen molar-refractivity contribution in [3.05, 3.63) is 53.7 Å². The molecule has 170 valence electrons. The Morgan fingerprint density at radius 3 is 2.84 bits per heavy atom. The molecule has 0 spiro atoms. The van der Waals surface area contributed by atoms with Crippen molar-refractivity contribution in [2.45, 2.75) is 31.8 Å².